The maximum atomic E-state index is 11.7. The lowest BCUT2D eigenvalue weighted by atomic mass is 9.90. The van der Waals surface area contributed by atoms with Crippen LogP contribution in [0.5, 0.6) is 0 Å². The van der Waals surface area contributed by atoms with E-state index in [1.54, 1.807) is 4.90 Å². The first-order chi connectivity index (χ1) is 6.33. The summed E-state index contributed by atoms with van der Waals surface area (Å²) in [6.07, 6.45) is 0.210. The van der Waals surface area contributed by atoms with Crippen molar-refractivity contribution in [2.45, 2.75) is 40.2 Å². The molecule has 1 unspecified atom stereocenters. The van der Waals surface area contributed by atoms with Gasteiger partial charge in [-0.1, -0.05) is 27.7 Å². The third-order valence-corrected chi connectivity index (χ3v) is 2.83. The Morgan fingerprint density at radius 1 is 1.57 bits per heavy atom. The van der Waals surface area contributed by atoms with Gasteiger partial charge in [0.05, 0.1) is 6.10 Å². The lowest BCUT2D eigenvalue weighted by Gasteiger charge is -2.21. The Morgan fingerprint density at radius 2 is 2.14 bits per heavy atom. The van der Waals surface area contributed by atoms with Crippen molar-refractivity contribution < 1.29 is 9.90 Å². The molecule has 0 spiro atoms. The summed E-state index contributed by atoms with van der Waals surface area (Å²) in [5.74, 6) is 0.563. The van der Waals surface area contributed by atoms with Crippen LogP contribution in [0.1, 0.15) is 34.1 Å². The molecule has 14 heavy (non-hydrogen) atoms. The topological polar surface area (TPSA) is 40.5 Å². The highest BCUT2D eigenvalue weighted by Crippen LogP contribution is 2.29. The molecule has 1 heterocycles. The van der Waals surface area contributed by atoms with Gasteiger partial charge in [0.25, 0.3) is 0 Å². The minimum atomic E-state index is -0.376. The molecule has 1 aliphatic rings. The molecule has 0 aromatic carbocycles. The number of carbonyl (C=O) groups is 1. The molecule has 1 fully saturated rings. The fourth-order valence-corrected chi connectivity index (χ4v) is 1.79. The summed E-state index contributed by atoms with van der Waals surface area (Å²) in [6, 6.07) is 0. The van der Waals surface area contributed by atoms with Crippen molar-refractivity contribution in [1.29, 1.82) is 0 Å². The van der Waals surface area contributed by atoms with E-state index in [-0.39, 0.29) is 17.4 Å². The molecular weight excluding hydrogens is 178 g/mol. The predicted molar refractivity (Wildman–Crippen MR) is 55.8 cm³/mol. The maximum absolute atomic E-state index is 11.7. The van der Waals surface area contributed by atoms with Gasteiger partial charge in [-0.05, 0) is 5.92 Å². The second-order valence-corrected chi connectivity index (χ2v) is 5.38. The molecule has 0 aliphatic carbocycles. The van der Waals surface area contributed by atoms with Crippen molar-refractivity contribution in [3.63, 3.8) is 0 Å². The lowest BCUT2D eigenvalue weighted by Crippen LogP contribution is -2.30. The summed E-state index contributed by atoms with van der Waals surface area (Å²) in [5.41, 5.74) is -0.146. The van der Waals surface area contributed by atoms with E-state index in [9.17, 15) is 9.90 Å². The van der Waals surface area contributed by atoms with Gasteiger partial charge in [-0.15, -0.1) is 0 Å². The van der Waals surface area contributed by atoms with E-state index in [4.69, 9.17) is 0 Å². The second kappa shape index (κ2) is 3.89. The molecule has 3 heteroatoms. The summed E-state index contributed by atoms with van der Waals surface area (Å²) >= 11 is 0. The first-order valence-electron chi connectivity index (χ1n) is 5.29. The maximum Gasteiger partial charge on any atom is 0.222 e. The smallest absolute Gasteiger partial charge is 0.222 e. The van der Waals surface area contributed by atoms with Crippen LogP contribution < -0.4 is 0 Å². The van der Waals surface area contributed by atoms with Gasteiger partial charge in [-0.25, -0.2) is 0 Å². The van der Waals surface area contributed by atoms with E-state index in [0.29, 0.717) is 25.4 Å². The number of aliphatic hydroxyl groups is 1. The second-order valence-electron chi connectivity index (χ2n) is 5.38. The highest BCUT2D eigenvalue weighted by molar-refractivity contribution is 5.76. The van der Waals surface area contributed by atoms with E-state index < -0.39 is 0 Å². The fourth-order valence-electron chi connectivity index (χ4n) is 1.79. The van der Waals surface area contributed by atoms with E-state index in [2.05, 4.69) is 0 Å². The van der Waals surface area contributed by atoms with Crippen LogP contribution in [0.4, 0.5) is 0 Å². The largest absolute Gasteiger partial charge is 0.391 e. The highest BCUT2D eigenvalue weighted by atomic mass is 16.3. The zero-order valence-electron chi connectivity index (χ0n) is 9.58. The zero-order valence-corrected chi connectivity index (χ0v) is 9.58. The predicted octanol–water partition coefficient (Wildman–Crippen LogP) is 1.26. The lowest BCUT2D eigenvalue weighted by molar-refractivity contribution is -0.131. The van der Waals surface area contributed by atoms with Gasteiger partial charge in [0, 0.05) is 24.9 Å². The average Bonchev–Trinajstić information content (AvgIpc) is 2.25. The number of nitrogens with zero attached hydrogens (tertiary/aromatic N) is 1. The van der Waals surface area contributed by atoms with Gasteiger partial charge in [0.15, 0.2) is 0 Å². The molecule has 1 amide bonds. The molecule has 1 N–H and O–H groups in total. The summed E-state index contributed by atoms with van der Waals surface area (Å²) in [6.45, 7) is 9.25. The molecule has 1 atom stereocenters. The Hall–Kier alpha value is -0.570. The van der Waals surface area contributed by atoms with Gasteiger partial charge < -0.3 is 10.0 Å². The first kappa shape index (κ1) is 11.5. The molecule has 1 saturated heterocycles. The number of aliphatic hydroxyl groups excluding tert-OH is 1. The van der Waals surface area contributed by atoms with Crippen LogP contribution in [0.25, 0.3) is 0 Å². The van der Waals surface area contributed by atoms with E-state index in [0.717, 1.165) is 0 Å². The van der Waals surface area contributed by atoms with E-state index >= 15 is 0 Å². The molecule has 82 valence electrons. The van der Waals surface area contributed by atoms with Crippen LogP contribution in [-0.4, -0.2) is 35.1 Å². The van der Waals surface area contributed by atoms with Crippen LogP contribution in [0.15, 0.2) is 0 Å². The number of carbonyl (C=O) groups excluding carboxylic acids is 1. The van der Waals surface area contributed by atoms with Crippen molar-refractivity contribution in [3.8, 4) is 0 Å². The first-order valence-corrected chi connectivity index (χ1v) is 5.29. The molecule has 0 aromatic rings. The average molecular weight is 199 g/mol. The summed E-state index contributed by atoms with van der Waals surface area (Å²) in [7, 11) is 0. The number of β-amino-alcohol motifs (C(OH)–C–C–N with tert-alkyl or cyclic N) is 1. The van der Waals surface area contributed by atoms with Crippen LogP contribution in [0.2, 0.25) is 0 Å². The number of hydrogen-bond donors (Lipinski definition) is 1. The summed E-state index contributed by atoms with van der Waals surface area (Å²) in [5, 5.41) is 9.72. The zero-order chi connectivity index (χ0) is 10.9. The van der Waals surface area contributed by atoms with Crippen LogP contribution in [0, 0.1) is 11.3 Å². The van der Waals surface area contributed by atoms with Crippen molar-refractivity contribution in [3.05, 3.63) is 0 Å². The molecule has 0 aromatic heterocycles. The Labute approximate surface area is 86.1 Å². The number of hydrogen-bond acceptors (Lipinski definition) is 2. The third-order valence-electron chi connectivity index (χ3n) is 2.83. The van der Waals surface area contributed by atoms with Crippen molar-refractivity contribution in [2.24, 2.45) is 11.3 Å². The van der Waals surface area contributed by atoms with Gasteiger partial charge in [-0.2, -0.15) is 0 Å². The molecular formula is C11H21NO2. The minimum absolute atomic E-state index is 0.146. The Bertz CT molecular complexity index is 223. The number of rotatable bonds is 2. The normalized spacial score (nSPS) is 25.9. The highest BCUT2D eigenvalue weighted by Gasteiger charge is 2.39. The van der Waals surface area contributed by atoms with Gasteiger partial charge in [0.2, 0.25) is 5.91 Å². The van der Waals surface area contributed by atoms with Crippen LogP contribution >= 0.6 is 0 Å². The van der Waals surface area contributed by atoms with E-state index in [1.807, 2.05) is 27.7 Å². The standard InChI is InChI=1S/C11H21NO2/c1-8(2)5-10(14)12-6-9(13)11(3,4)7-12/h8-9,13H,5-7H2,1-4H3. The van der Waals surface area contributed by atoms with Gasteiger partial charge in [0.1, 0.15) is 0 Å². The quantitative estimate of drug-likeness (QED) is 0.727. The van der Waals surface area contributed by atoms with E-state index in [1.165, 1.54) is 0 Å². The Kier molecular flexibility index (Phi) is 3.20. The Balaban J connectivity index is 2.53. The van der Waals surface area contributed by atoms with Crippen molar-refractivity contribution in [1.82, 2.24) is 4.90 Å². The van der Waals surface area contributed by atoms with Crippen LogP contribution in [-0.2, 0) is 4.79 Å². The molecule has 1 rings (SSSR count). The molecule has 0 saturated carbocycles. The van der Waals surface area contributed by atoms with Crippen LogP contribution in [0.3, 0.4) is 0 Å². The van der Waals surface area contributed by atoms with Gasteiger partial charge in [-0.3, -0.25) is 4.79 Å². The molecule has 1 aliphatic heterocycles. The molecule has 3 nitrogen and oxygen atoms in total. The third kappa shape index (κ3) is 2.47. The van der Waals surface area contributed by atoms with Gasteiger partial charge >= 0.3 is 0 Å². The molecule has 0 radical (unpaired) electrons. The number of likely N-dealkylation sites (tertiary alicyclic amines) is 1. The Morgan fingerprint density at radius 3 is 2.50 bits per heavy atom. The number of amides is 1. The monoisotopic (exact) mass is 199 g/mol. The summed E-state index contributed by atoms with van der Waals surface area (Å²) < 4.78 is 0. The minimum Gasteiger partial charge on any atom is -0.391 e. The molecule has 0 bridgehead atoms. The SMILES string of the molecule is CC(C)CC(=O)N1CC(O)C(C)(C)C1. The summed E-state index contributed by atoms with van der Waals surface area (Å²) in [4.78, 5) is 13.5. The van der Waals surface area contributed by atoms with Crippen molar-refractivity contribution >= 4 is 5.91 Å². The van der Waals surface area contributed by atoms with Crippen molar-refractivity contribution in [2.75, 3.05) is 13.1 Å². The fraction of sp³-hybridized carbons (Fsp3) is 0.909.